The molecule has 0 radical (unpaired) electrons. The highest BCUT2D eigenvalue weighted by molar-refractivity contribution is 5.76. The van der Waals surface area contributed by atoms with Gasteiger partial charge in [0.2, 0.25) is 5.91 Å². The first-order valence-corrected chi connectivity index (χ1v) is 35.5. The van der Waals surface area contributed by atoms with E-state index < -0.39 is 49.5 Å². The maximum absolute atomic E-state index is 13.1. The molecule has 1 fully saturated rings. The van der Waals surface area contributed by atoms with Crippen LogP contribution in [-0.2, 0) is 14.3 Å². The number of hydrogen-bond donors (Lipinski definition) is 6. The van der Waals surface area contributed by atoms with Crippen molar-refractivity contribution in [3.63, 3.8) is 0 Å². The Balaban J connectivity index is 2.25. The van der Waals surface area contributed by atoms with Gasteiger partial charge >= 0.3 is 0 Å². The van der Waals surface area contributed by atoms with Gasteiger partial charge in [0.25, 0.3) is 0 Å². The van der Waals surface area contributed by atoms with Gasteiger partial charge < -0.3 is 40.3 Å². The number of nitrogens with one attached hydrogen (secondary N) is 1. The second kappa shape index (κ2) is 66.2. The number of rotatable bonds is 59. The molecule has 1 amide bonds. The van der Waals surface area contributed by atoms with Crippen molar-refractivity contribution in [2.75, 3.05) is 13.2 Å². The normalized spacial score (nSPS) is 19.0. The van der Waals surface area contributed by atoms with Crippen molar-refractivity contribution >= 4 is 5.91 Å². The Morgan fingerprint density at radius 2 is 0.708 bits per heavy atom. The topological polar surface area (TPSA) is 149 Å². The van der Waals surface area contributed by atoms with E-state index >= 15 is 0 Å². The SMILES string of the molecule is CC/C=C\C/C=C\C/C=C\C/C=C\C/C=C\C/C=C\C/C=C\C/C=C\C/C=C\C/C=C\C/C=C\C/C=C\CCCCC(=O)NC(COC1OC(CO)C(O)C(O)C1O)C(O)/C=C/CC/C=C/CC/C=C/CCCCCCCCCCCCCCCCCCC. The van der Waals surface area contributed by atoms with Gasteiger partial charge in [0.05, 0.1) is 25.4 Å². The van der Waals surface area contributed by atoms with E-state index in [9.17, 15) is 30.3 Å². The maximum atomic E-state index is 13.1. The summed E-state index contributed by atoms with van der Waals surface area (Å²) in [5, 5.41) is 54.7. The highest BCUT2D eigenvalue weighted by Crippen LogP contribution is 2.23. The molecule has 0 spiro atoms. The van der Waals surface area contributed by atoms with Crippen molar-refractivity contribution in [1.29, 1.82) is 0 Å². The van der Waals surface area contributed by atoms with Crippen molar-refractivity contribution in [2.24, 2.45) is 0 Å². The molecule has 0 saturated carbocycles. The Labute approximate surface area is 544 Å². The van der Waals surface area contributed by atoms with Crippen molar-refractivity contribution in [2.45, 2.75) is 301 Å². The van der Waals surface area contributed by atoms with Gasteiger partial charge in [-0.1, -0.05) is 299 Å². The standard InChI is InChI=1S/C80H129NO8/c1-3-5-7-9-11-13-15-17-19-21-23-25-27-29-31-32-33-34-35-36-37-38-39-40-41-42-44-46-48-50-52-54-56-58-60-62-64-66-68-70-76(84)81-73(72-88-80-79(87)78(86)77(85)75(71-82)89-80)74(83)69-67-65-63-61-59-57-55-53-51-49-47-45-43-30-28-26-24-22-20-18-16-14-12-10-8-6-4-2/h5,7,11,13,17,19,23,25,29,31,33-34,36-37,39-40,42,44,48,50-51,53-54,56,59-62,67,69,73-75,77-80,82-83,85-87H,3-4,6,8-10,12,14-16,18,20-22,24,26-28,30,32,35,38,41,43,45-47,49,52,55,57-58,63-66,68,70-72H2,1-2H3,(H,81,84)/b7-5-,13-11-,19-17-,25-23-,31-29-,34-33-,37-36-,40-39-,44-42-,50-48-,53-51+,56-54-,61-59+,62-60-,69-67+. The van der Waals surface area contributed by atoms with Gasteiger partial charge in [0, 0.05) is 6.42 Å². The Morgan fingerprint density at radius 3 is 1.08 bits per heavy atom. The fraction of sp³-hybridized carbons (Fsp3) is 0.613. The van der Waals surface area contributed by atoms with E-state index in [1.165, 1.54) is 109 Å². The van der Waals surface area contributed by atoms with Gasteiger partial charge in [-0.3, -0.25) is 4.79 Å². The van der Waals surface area contributed by atoms with Gasteiger partial charge in [0.15, 0.2) is 6.29 Å². The number of amides is 1. The second-order valence-corrected chi connectivity index (χ2v) is 23.6. The van der Waals surface area contributed by atoms with E-state index in [4.69, 9.17) is 9.47 Å². The van der Waals surface area contributed by atoms with Crippen molar-refractivity contribution in [3.8, 4) is 0 Å². The molecule has 1 rings (SSSR count). The van der Waals surface area contributed by atoms with Crippen LogP contribution in [0.2, 0.25) is 0 Å². The van der Waals surface area contributed by atoms with E-state index in [0.717, 1.165) is 116 Å². The number of carbonyl (C=O) groups excluding carboxylic acids is 1. The Kier molecular flexibility index (Phi) is 61.2. The number of aliphatic hydroxyl groups excluding tert-OH is 5. The monoisotopic (exact) mass is 1230 g/mol. The fourth-order valence-corrected chi connectivity index (χ4v) is 9.93. The molecule has 7 atom stereocenters. The fourth-order valence-electron chi connectivity index (χ4n) is 9.93. The van der Waals surface area contributed by atoms with Crippen LogP contribution in [0.25, 0.3) is 0 Å². The minimum absolute atomic E-state index is 0.236. The van der Waals surface area contributed by atoms with Crippen LogP contribution in [-0.4, -0.2) is 87.5 Å². The average molecular weight is 1230 g/mol. The molecule has 0 aromatic carbocycles. The van der Waals surface area contributed by atoms with Gasteiger partial charge in [-0.2, -0.15) is 0 Å². The summed E-state index contributed by atoms with van der Waals surface area (Å²) in [7, 11) is 0. The van der Waals surface area contributed by atoms with Crippen LogP contribution in [0.5, 0.6) is 0 Å². The highest BCUT2D eigenvalue weighted by atomic mass is 16.7. The zero-order valence-corrected chi connectivity index (χ0v) is 56.1. The second-order valence-electron chi connectivity index (χ2n) is 23.6. The third kappa shape index (κ3) is 54.7. The molecule has 0 aromatic heterocycles. The summed E-state index contributed by atoms with van der Waals surface area (Å²) in [4.78, 5) is 13.1. The maximum Gasteiger partial charge on any atom is 0.220 e. The first-order chi connectivity index (χ1) is 43.8. The first kappa shape index (κ1) is 82.3. The molecule has 0 bridgehead atoms. The van der Waals surface area contributed by atoms with Crippen molar-refractivity contribution in [1.82, 2.24) is 5.32 Å². The number of unbranched alkanes of at least 4 members (excludes halogenated alkanes) is 21. The van der Waals surface area contributed by atoms with Gasteiger partial charge in [0.1, 0.15) is 24.4 Å². The predicted octanol–water partition coefficient (Wildman–Crippen LogP) is 19.9. The molecule has 1 heterocycles. The smallest absolute Gasteiger partial charge is 0.220 e. The summed E-state index contributed by atoms with van der Waals surface area (Å²) in [6.07, 6.45) is 99.9. The summed E-state index contributed by atoms with van der Waals surface area (Å²) in [5.41, 5.74) is 0. The van der Waals surface area contributed by atoms with E-state index in [0.29, 0.717) is 12.8 Å². The molecule has 1 aliphatic rings. The largest absolute Gasteiger partial charge is 0.394 e. The van der Waals surface area contributed by atoms with Crippen LogP contribution in [0.4, 0.5) is 0 Å². The molecule has 502 valence electrons. The molecule has 0 aromatic rings. The molecule has 1 aliphatic heterocycles. The van der Waals surface area contributed by atoms with Crippen LogP contribution < -0.4 is 5.32 Å². The number of aliphatic hydroxyl groups is 5. The first-order valence-electron chi connectivity index (χ1n) is 35.5. The molecular weight excluding hydrogens is 1100 g/mol. The zero-order valence-electron chi connectivity index (χ0n) is 56.1. The van der Waals surface area contributed by atoms with Crippen LogP contribution in [0.1, 0.15) is 258 Å². The van der Waals surface area contributed by atoms with E-state index in [1.807, 2.05) is 6.08 Å². The molecule has 0 aliphatic carbocycles. The van der Waals surface area contributed by atoms with Gasteiger partial charge in [-0.15, -0.1) is 0 Å². The lowest BCUT2D eigenvalue weighted by Crippen LogP contribution is -2.60. The third-order valence-corrected chi connectivity index (χ3v) is 15.4. The van der Waals surface area contributed by atoms with Crippen LogP contribution >= 0.6 is 0 Å². The van der Waals surface area contributed by atoms with Crippen molar-refractivity contribution < 1.29 is 39.8 Å². The van der Waals surface area contributed by atoms with Gasteiger partial charge in [-0.05, 0) is 135 Å². The average Bonchev–Trinajstić information content (AvgIpc) is 2.42. The molecule has 1 saturated heterocycles. The minimum Gasteiger partial charge on any atom is -0.394 e. The molecule has 6 N–H and O–H groups in total. The molecule has 9 heteroatoms. The summed E-state index contributed by atoms with van der Waals surface area (Å²) in [5.74, 6) is -0.239. The van der Waals surface area contributed by atoms with E-state index in [-0.39, 0.29) is 18.9 Å². The molecule has 7 unspecified atom stereocenters. The van der Waals surface area contributed by atoms with Crippen molar-refractivity contribution in [3.05, 3.63) is 182 Å². The lowest BCUT2D eigenvalue weighted by Gasteiger charge is -2.40. The number of allylic oxidation sites excluding steroid dienone is 29. The van der Waals surface area contributed by atoms with Gasteiger partial charge in [-0.25, -0.2) is 0 Å². The van der Waals surface area contributed by atoms with E-state index in [1.54, 1.807) is 6.08 Å². The summed E-state index contributed by atoms with van der Waals surface area (Å²) in [6.45, 7) is 3.62. The van der Waals surface area contributed by atoms with Crippen LogP contribution in [0.15, 0.2) is 182 Å². The third-order valence-electron chi connectivity index (χ3n) is 15.4. The number of ether oxygens (including phenoxy) is 2. The van der Waals surface area contributed by atoms with E-state index in [2.05, 4.69) is 189 Å². The number of carbonyl (C=O) groups is 1. The molecular formula is C80H129NO8. The summed E-state index contributed by atoms with van der Waals surface area (Å²) in [6, 6.07) is -0.868. The van der Waals surface area contributed by atoms with Crippen LogP contribution in [0, 0.1) is 0 Å². The summed E-state index contributed by atoms with van der Waals surface area (Å²) >= 11 is 0. The quantitative estimate of drug-likeness (QED) is 0.0261. The molecule has 9 nitrogen and oxygen atoms in total. The Morgan fingerprint density at radius 1 is 0.393 bits per heavy atom. The Bertz CT molecular complexity index is 2060. The number of hydrogen-bond acceptors (Lipinski definition) is 8. The Hall–Kier alpha value is -4.71. The summed E-state index contributed by atoms with van der Waals surface area (Å²) < 4.78 is 11.3. The lowest BCUT2D eigenvalue weighted by molar-refractivity contribution is -0.302. The predicted molar refractivity (Wildman–Crippen MR) is 382 cm³/mol. The van der Waals surface area contributed by atoms with Crippen LogP contribution in [0.3, 0.4) is 0 Å². The highest BCUT2D eigenvalue weighted by Gasteiger charge is 2.44. The zero-order chi connectivity index (χ0) is 64.2. The molecule has 89 heavy (non-hydrogen) atoms. The lowest BCUT2D eigenvalue weighted by atomic mass is 9.99. The minimum atomic E-state index is -1.60.